The van der Waals surface area contributed by atoms with Crippen LogP contribution in [-0.4, -0.2) is 72.4 Å². The quantitative estimate of drug-likeness (QED) is 0.563. The zero-order chi connectivity index (χ0) is 23.9. The van der Waals surface area contributed by atoms with Gasteiger partial charge < -0.3 is 24.8 Å². The van der Waals surface area contributed by atoms with Gasteiger partial charge in [-0.05, 0) is 45.4 Å². The topological polar surface area (TPSA) is 122 Å². The van der Waals surface area contributed by atoms with E-state index in [0.717, 1.165) is 50.1 Å². The van der Waals surface area contributed by atoms with Crippen LogP contribution in [0.2, 0.25) is 0 Å². The Morgan fingerprint density at radius 3 is 2.56 bits per heavy atom. The second kappa shape index (κ2) is 11.1. The minimum atomic E-state index is -1.04. The summed E-state index contributed by atoms with van der Waals surface area (Å²) in [4.78, 5) is 30.2. The van der Waals surface area contributed by atoms with Gasteiger partial charge in [0.05, 0.1) is 30.6 Å². The highest BCUT2D eigenvalue weighted by Crippen LogP contribution is 2.43. The number of rotatable bonds is 8. The Morgan fingerprint density at radius 1 is 1.24 bits per heavy atom. The molecule has 10 nitrogen and oxygen atoms in total. The number of morpholine rings is 1. The molecule has 1 aromatic carbocycles. The maximum atomic E-state index is 11.0. The van der Waals surface area contributed by atoms with E-state index >= 15 is 0 Å². The van der Waals surface area contributed by atoms with Gasteiger partial charge >= 0.3 is 5.97 Å². The fraction of sp³-hybridized carbons (Fsp3) is 0.458. The van der Waals surface area contributed by atoms with Crippen LogP contribution in [0.25, 0.3) is 0 Å². The molecule has 0 bridgehead atoms. The number of hydrogen-bond donors (Lipinski definition) is 2. The van der Waals surface area contributed by atoms with Gasteiger partial charge in [0.25, 0.3) is 0 Å². The monoisotopic (exact) mass is 466 g/mol. The van der Waals surface area contributed by atoms with E-state index in [9.17, 15) is 4.79 Å². The highest BCUT2D eigenvalue weighted by molar-refractivity contribution is 5.86. The van der Waals surface area contributed by atoms with Crippen molar-refractivity contribution in [2.24, 2.45) is 9.98 Å². The summed E-state index contributed by atoms with van der Waals surface area (Å²) < 4.78 is 11.9. The molecule has 10 heteroatoms. The van der Waals surface area contributed by atoms with Crippen LogP contribution in [0.15, 0.2) is 34.5 Å². The van der Waals surface area contributed by atoms with Gasteiger partial charge in [-0.15, -0.1) is 0 Å². The lowest BCUT2D eigenvalue weighted by Gasteiger charge is -2.32. The molecule has 0 radical (unpaired) electrons. The number of hydrogen-bond acceptors (Lipinski definition) is 9. The lowest BCUT2D eigenvalue weighted by Crippen LogP contribution is -2.36. The first kappa shape index (κ1) is 23.6. The molecule has 0 unspecified atom stereocenters. The van der Waals surface area contributed by atoms with Gasteiger partial charge in [-0.2, -0.15) is 0 Å². The summed E-state index contributed by atoms with van der Waals surface area (Å²) in [5, 5.41) is 12.3. The summed E-state index contributed by atoms with van der Waals surface area (Å²) >= 11 is 0. The van der Waals surface area contributed by atoms with E-state index in [-0.39, 0.29) is 17.7 Å². The van der Waals surface area contributed by atoms with Crippen LogP contribution in [0.5, 0.6) is 5.75 Å². The van der Waals surface area contributed by atoms with Crippen molar-refractivity contribution in [2.75, 3.05) is 36.5 Å². The molecule has 1 saturated carbocycles. The number of carboxylic acid groups (broad SMARTS) is 1. The van der Waals surface area contributed by atoms with Gasteiger partial charge in [-0.1, -0.05) is 0 Å². The third kappa shape index (κ3) is 5.69. The summed E-state index contributed by atoms with van der Waals surface area (Å²) in [6, 6.07) is 4.26. The highest BCUT2D eigenvalue weighted by atomic mass is 16.5. The molecule has 180 valence electrons. The summed E-state index contributed by atoms with van der Waals surface area (Å²) in [6.07, 6.45) is 7.91. The number of carboxylic acids is 1. The third-order valence-corrected chi connectivity index (χ3v) is 6.04. The van der Waals surface area contributed by atoms with E-state index in [0.29, 0.717) is 30.6 Å². The molecule has 0 atom stereocenters. The fourth-order valence-electron chi connectivity index (χ4n) is 4.27. The average molecular weight is 467 g/mol. The van der Waals surface area contributed by atoms with Crippen LogP contribution in [0.1, 0.15) is 43.0 Å². The molecule has 34 heavy (non-hydrogen) atoms. The number of nitrogens with zero attached hydrogens (tertiary/aromatic N) is 5. The number of carbonyl (C=O) groups is 1. The molecule has 0 spiro atoms. The molecule has 2 fully saturated rings. The Hall–Kier alpha value is -3.53. The second-order valence-electron chi connectivity index (χ2n) is 8.29. The van der Waals surface area contributed by atoms with Crippen LogP contribution in [0, 0.1) is 0 Å². The summed E-state index contributed by atoms with van der Waals surface area (Å²) in [5.41, 5.74) is 2.51. The van der Waals surface area contributed by atoms with Crippen LogP contribution in [0.3, 0.4) is 0 Å². The van der Waals surface area contributed by atoms with E-state index in [1.165, 1.54) is 12.4 Å². The fourth-order valence-corrected chi connectivity index (χ4v) is 4.27. The predicted molar refractivity (Wildman–Crippen MR) is 132 cm³/mol. The average Bonchev–Trinajstić information content (AvgIpc) is 2.86. The van der Waals surface area contributed by atoms with Gasteiger partial charge in [0.15, 0.2) is 0 Å². The van der Waals surface area contributed by atoms with Crippen molar-refractivity contribution in [3.8, 4) is 5.75 Å². The molecule has 1 saturated heterocycles. The summed E-state index contributed by atoms with van der Waals surface area (Å²) in [5.74, 6) is 0.0967. The Kier molecular flexibility index (Phi) is 7.69. The van der Waals surface area contributed by atoms with Crippen molar-refractivity contribution in [1.29, 1.82) is 0 Å². The molecule has 4 rings (SSSR count). The minimum Gasteiger partial charge on any atom is -0.488 e. The summed E-state index contributed by atoms with van der Waals surface area (Å²) in [7, 11) is 0. The number of benzene rings is 1. The summed E-state index contributed by atoms with van der Waals surface area (Å²) in [6.45, 7) is 8.66. The number of aromatic carboxylic acids is 1. The molecular formula is C24H30N6O4. The third-order valence-electron chi connectivity index (χ3n) is 6.04. The largest absolute Gasteiger partial charge is 0.488 e. The second-order valence-corrected chi connectivity index (χ2v) is 8.29. The van der Waals surface area contributed by atoms with Crippen molar-refractivity contribution in [3.63, 3.8) is 0 Å². The van der Waals surface area contributed by atoms with Crippen LogP contribution >= 0.6 is 0 Å². The molecule has 1 aliphatic carbocycles. The minimum absolute atomic E-state index is 0.0484. The molecule has 2 N–H and O–H groups in total. The highest BCUT2D eigenvalue weighted by Gasteiger charge is 2.25. The van der Waals surface area contributed by atoms with Crippen molar-refractivity contribution >= 4 is 41.9 Å². The lowest BCUT2D eigenvalue weighted by molar-refractivity contribution is 0.0696. The number of ether oxygens (including phenoxy) is 2. The molecule has 1 aliphatic heterocycles. The smallest absolute Gasteiger partial charge is 0.338 e. The van der Waals surface area contributed by atoms with Crippen molar-refractivity contribution in [1.82, 2.24) is 9.97 Å². The van der Waals surface area contributed by atoms with Crippen LogP contribution < -0.4 is 15.0 Å². The van der Waals surface area contributed by atoms with Crippen LogP contribution in [-0.2, 0) is 4.74 Å². The molecule has 2 aliphatic rings. The van der Waals surface area contributed by atoms with Crippen molar-refractivity contribution in [2.45, 2.75) is 44.8 Å². The molecule has 2 aromatic rings. The molecule has 1 aromatic heterocycles. The lowest BCUT2D eigenvalue weighted by atomic mass is 9.93. The van der Waals surface area contributed by atoms with Gasteiger partial charge in [-0.3, -0.25) is 9.98 Å². The SMILES string of the molecule is C=Nc1c(N=CC)cc(N2CCOCC2)cc1OC1CCC(Nc2ncc(C(=O)O)cn2)CC1. The number of aliphatic imine (C=N–C) groups is 2. The van der Waals surface area contributed by atoms with E-state index in [2.05, 4.69) is 36.9 Å². The zero-order valence-corrected chi connectivity index (χ0v) is 19.3. The van der Waals surface area contributed by atoms with Gasteiger partial charge in [0.2, 0.25) is 5.95 Å². The van der Waals surface area contributed by atoms with Crippen LogP contribution in [0.4, 0.5) is 23.0 Å². The Labute approximate surface area is 198 Å². The first-order valence-electron chi connectivity index (χ1n) is 11.5. The van der Waals surface area contributed by atoms with E-state index in [1.54, 1.807) is 6.21 Å². The van der Waals surface area contributed by atoms with Gasteiger partial charge in [-0.25, -0.2) is 14.8 Å². The van der Waals surface area contributed by atoms with E-state index in [1.807, 2.05) is 19.1 Å². The van der Waals surface area contributed by atoms with Gasteiger partial charge in [0, 0.05) is 49.5 Å². The Bertz CT molecular complexity index is 1030. The molecule has 0 amide bonds. The number of aromatic nitrogens is 2. The number of nitrogens with one attached hydrogen (secondary N) is 1. The standard InChI is InChI=1S/C24H30N6O4/c1-3-26-20-12-18(30-8-10-33-11-9-30)13-21(22(20)25-2)34-19-6-4-17(5-7-19)29-24-27-14-16(15-28-24)23(31)32/h3,12-15,17,19H,2,4-11H2,1H3,(H,31,32)(H,27,28,29). The first-order chi connectivity index (χ1) is 16.6. The number of anilines is 2. The zero-order valence-electron chi connectivity index (χ0n) is 19.3. The molecule has 2 heterocycles. The molecular weight excluding hydrogens is 436 g/mol. The van der Waals surface area contributed by atoms with Gasteiger partial charge in [0.1, 0.15) is 11.4 Å². The van der Waals surface area contributed by atoms with E-state index in [4.69, 9.17) is 14.6 Å². The maximum absolute atomic E-state index is 11.0. The van der Waals surface area contributed by atoms with E-state index < -0.39 is 5.97 Å². The predicted octanol–water partition coefficient (Wildman–Crippen LogP) is 3.87. The first-order valence-corrected chi connectivity index (χ1v) is 11.5. The Balaban J connectivity index is 1.42. The Morgan fingerprint density at radius 2 is 1.94 bits per heavy atom. The maximum Gasteiger partial charge on any atom is 0.338 e. The normalized spacial score (nSPS) is 20.8. The van der Waals surface area contributed by atoms with Crippen molar-refractivity contribution in [3.05, 3.63) is 30.1 Å². The van der Waals surface area contributed by atoms with Crippen molar-refractivity contribution < 1.29 is 19.4 Å².